The summed E-state index contributed by atoms with van der Waals surface area (Å²) in [5, 5.41) is 10.7. The van der Waals surface area contributed by atoms with Gasteiger partial charge in [0.15, 0.2) is 0 Å². The van der Waals surface area contributed by atoms with E-state index in [-0.39, 0.29) is 62.5 Å². The number of imide groups is 1. The summed E-state index contributed by atoms with van der Waals surface area (Å²) in [6, 6.07) is 4.98. The molecule has 0 N–H and O–H groups in total. The molecular formula is C11H8KNO4. The van der Waals surface area contributed by atoms with Crippen LogP contribution < -0.4 is 56.5 Å². The van der Waals surface area contributed by atoms with E-state index in [9.17, 15) is 19.5 Å². The molecule has 0 saturated heterocycles. The zero-order valence-electron chi connectivity index (χ0n) is 9.47. The number of benzene rings is 1. The molecule has 6 heteroatoms. The summed E-state index contributed by atoms with van der Waals surface area (Å²) in [7, 11) is 0. The molecule has 0 radical (unpaired) electrons. The number of carboxylic acid groups (broad SMARTS) is 1. The summed E-state index contributed by atoms with van der Waals surface area (Å²) in [6.45, 7) is 1.25. The maximum atomic E-state index is 11.8. The monoisotopic (exact) mass is 257 g/mol. The third-order valence-electron chi connectivity index (χ3n) is 2.55. The molecule has 2 rings (SSSR count). The number of carboxylic acids is 1. The Bertz CT molecular complexity index is 465. The first-order chi connectivity index (χ1) is 7.54. The third kappa shape index (κ3) is 2.36. The van der Waals surface area contributed by atoms with Gasteiger partial charge in [-0.1, -0.05) is 12.1 Å². The van der Waals surface area contributed by atoms with Gasteiger partial charge >= 0.3 is 51.4 Å². The van der Waals surface area contributed by atoms with E-state index >= 15 is 0 Å². The minimum Gasteiger partial charge on any atom is -0.548 e. The Kier molecular flexibility index (Phi) is 4.62. The summed E-state index contributed by atoms with van der Waals surface area (Å²) >= 11 is 0. The Balaban J connectivity index is 0.00000144. The molecule has 82 valence electrons. The average Bonchev–Trinajstić information content (AvgIpc) is 2.52. The summed E-state index contributed by atoms with van der Waals surface area (Å²) < 4.78 is 0. The molecule has 1 unspecified atom stereocenters. The molecule has 0 bridgehead atoms. The molecule has 17 heavy (non-hydrogen) atoms. The van der Waals surface area contributed by atoms with Crippen molar-refractivity contribution in [2.24, 2.45) is 0 Å². The summed E-state index contributed by atoms with van der Waals surface area (Å²) in [6.07, 6.45) is 0. The van der Waals surface area contributed by atoms with Crippen LogP contribution in [-0.4, -0.2) is 28.7 Å². The standard InChI is InChI=1S/C11H9NO4.K/c1-6(11(15)16)12-9(13)7-4-2-3-5-8(7)10(12)14;/h2-6H,1H3,(H,15,16);/q;+1/p-1. The number of carbonyl (C=O) groups excluding carboxylic acids is 3. The minimum atomic E-state index is -1.45. The van der Waals surface area contributed by atoms with E-state index < -0.39 is 23.8 Å². The molecule has 5 nitrogen and oxygen atoms in total. The minimum absolute atomic E-state index is 0. The fourth-order valence-electron chi connectivity index (χ4n) is 1.67. The SMILES string of the molecule is CC(C(=O)[O-])N1C(=O)c2ccccc2C1=O.[K+]. The molecular weight excluding hydrogens is 249 g/mol. The number of amides is 2. The molecule has 0 spiro atoms. The fourth-order valence-corrected chi connectivity index (χ4v) is 1.67. The van der Waals surface area contributed by atoms with E-state index in [1.807, 2.05) is 0 Å². The van der Waals surface area contributed by atoms with Crippen molar-refractivity contribution in [3.8, 4) is 0 Å². The van der Waals surface area contributed by atoms with Crippen molar-refractivity contribution in [1.29, 1.82) is 0 Å². The molecule has 1 aromatic carbocycles. The molecule has 2 amide bonds. The summed E-state index contributed by atoms with van der Waals surface area (Å²) in [5.74, 6) is -2.62. The molecule has 1 heterocycles. The predicted octanol–water partition coefficient (Wildman–Crippen LogP) is -3.57. The second kappa shape index (κ2) is 5.41. The van der Waals surface area contributed by atoms with Gasteiger partial charge in [0.1, 0.15) is 0 Å². The number of carbonyl (C=O) groups is 3. The van der Waals surface area contributed by atoms with Gasteiger partial charge in [-0.2, -0.15) is 0 Å². The topological polar surface area (TPSA) is 77.5 Å². The van der Waals surface area contributed by atoms with E-state index in [0.29, 0.717) is 4.90 Å². The van der Waals surface area contributed by atoms with Gasteiger partial charge in [0.2, 0.25) is 0 Å². The summed E-state index contributed by atoms with van der Waals surface area (Å²) in [5.41, 5.74) is 0.473. The molecule has 0 saturated carbocycles. The van der Waals surface area contributed by atoms with Crippen LogP contribution in [0.1, 0.15) is 27.6 Å². The van der Waals surface area contributed by atoms with Gasteiger partial charge < -0.3 is 9.90 Å². The van der Waals surface area contributed by atoms with Crippen molar-refractivity contribution in [2.45, 2.75) is 13.0 Å². The quantitative estimate of drug-likeness (QED) is 0.405. The molecule has 0 fully saturated rings. The van der Waals surface area contributed by atoms with Crippen LogP contribution in [0, 0.1) is 0 Å². The summed E-state index contributed by atoms with van der Waals surface area (Å²) in [4.78, 5) is 34.9. The molecule has 0 aliphatic carbocycles. The maximum absolute atomic E-state index is 11.8. The van der Waals surface area contributed by atoms with E-state index in [4.69, 9.17) is 0 Å². The van der Waals surface area contributed by atoms with Crippen LogP contribution in [0.2, 0.25) is 0 Å². The Labute approximate surface area is 140 Å². The smallest absolute Gasteiger partial charge is 0.548 e. The van der Waals surface area contributed by atoms with Crippen LogP contribution in [0.5, 0.6) is 0 Å². The van der Waals surface area contributed by atoms with Gasteiger partial charge in [-0.25, -0.2) is 0 Å². The zero-order chi connectivity index (χ0) is 11.9. The first-order valence-electron chi connectivity index (χ1n) is 4.72. The number of hydrogen-bond acceptors (Lipinski definition) is 4. The maximum Gasteiger partial charge on any atom is 1.00 e. The van der Waals surface area contributed by atoms with Crippen LogP contribution in [0.15, 0.2) is 24.3 Å². The van der Waals surface area contributed by atoms with Crippen molar-refractivity contribution in [3.63, 3.8) is 0 Å². The van der Waals surface area contributed by atoms with Crippen LogP contribution >= 0.6 is 0 Å². The van der Waals surface area contributed by atoms with Crippen molar-refractivity contribution in [2.75, 3.05) is 0 Å². The van der Waals surface area contributed by atoms with Gasteiger partial charge in [0.25, 0.3) is 11.8 Å². The molecule has 1 aromatic rings. The molecule has 1 aliphatic heterocycles. The normalized spacial score (nSPS) is 15.2. The molecule has 1 aliphatic rings. The Morgan fingerprint density at radius 1 is 1.18 bits per heavy atom. The number of fused-ring (bicyclic) bond motifs is 1. The van der Waals surface area contributed by atoms with Crippen molar-refractivity contribution < 1.29 is 70.9 Å². The van der Waals surface area contributed by atoms with Gasteiger partial charge in [0.05, 0.1) is 23.1 Å². The number of aliphatic carboxylic acids is 1. The van der Waals surface area contributed by atoms with E-state index in [0.717, 1.165) is 0 Å². The second-order valence-corrected chi connectivity index (χ2v) is 3.52. The number of rotatable bonds is 2. The van der Waals surface area contributed by atoms with Gasteiger partial charge in [0, 0.05) is 0 Å². The van der Waals surface area contributed by atoms with Crippen LogP contribution in [0.3, 0.4) is 0 Å². The van der Waals surface area contributed by atoms with Crippen LogP contribution in [0.25, 0.3) is 0 Å². The van der Waals surface area contributed by atoms with Crippen LogP contribution in [-0.2, 0) is 4.79 Å². The van der Waals surface area contributed by atoms with Crippen molar-refractivity contribution in [1.82, 2.24) is 4.90 Å². The average molecular weight is 257 g/mol. The van der Waals surface area contributed by atoms with E-state index in [1.54, 1.807) is 12.1 Å². The molecule has 0 aromatic heterocycles. The largest absolute Gasteiger partial charge is 1.00 e. The van der Waals surface area contributed by atoms with E-state index in [1.165, 1.54) is 19.1 Å². The van der Waals surface area contributed by atoms with Crippen molar-refractivity contribution in [3.05, 3.63) is 35.4 Å². The first-order valence-corrected chi connectivity index (χ1v) is 4.72. The Hall–Kier alpha value is -0.534. The van der Waals surface area contributed by atoms with E-state index in [2.05, 4.69) is 0 Å². The van der Waals surface area contributed by atoms with Gasteiger partial charge in [-0.3, -0.25) is 14.5 Å². The fraction of sp³-hybridized carbons (Fsp3) is 0.182. The second-order valence-electron chi connectivity index (χ2n) is 3.52. The Morgan fingerprint density at radius 3 is 1.94 bits per heavy atom. The zero-order valence-corrected chi connectivity index (χ0v) is 12.6. The molecule has 1 atom stereocenters. The Morgan fingerprint density at radius 2 is 1.59 bits per heavy atom. The third-order valence-corrected chi connectivity index (χ3v) is 2.55. The van der Waals surface area contributed by atoms with Crippen LogP contribution in [0.4, 0.5) is 0 Å². The first kappa shape index (κ1) is 14.5. The van der Waals surface area contributed by atoms with Gasteiger partial charge in [-0.05, 0) is 19.1 Å². The number of hydrogen-bond donors (Lipinski definition) is 0. The van der Waals surface area contributed by atoms with Crippen molar-refractivity contribution >= 4 is 17.8 Å². The van der Waals surface area contributed by atoms with Gasteiger partial charge in [-0.15, -0.1) is 0 Å². The predicted molar refractivity (Wildman–Crippen MR) is 51.4 cm³/mol. The number of nitrogens with zero attached hydrogens (tertiary/aromatic N) is 1.